The highest BCUT2D eigenvalue weighted by atomic mass is 16.6. The average molecular weight is 286 g/mol. The Balaban J connectivity index is 2.96. The van der Waals surface area contributed by atoms with Crippen molar-refractivity contribution in [1.82, 2.24) is 0 Å². The van der Waals surface area contributed by atoms with Crippen LogP contribution in [0.15, 0.2) is 0 Å². The Morgan fingerprint density at radius 2 is 1.30 bits per heavy atom. The summed E-state index contributed by atoms with van der Waals surface area (Å²) in [5.41, 5.74) is -1.32. The number of rotatable bonds is 6. The van der Waals surface area contributed by atoms with Crippen molar-refractivity contribution in [2.24, 2.45) is 11.8 Å². The predicted octanol–water partition coefficient (Wildman–Crippen LogP) is 2.32. The lowest BCUT2D eigenvalue weighted by Crippen LogP contribution is -2.52. The van der Waals surface area contributed by atoms with Gasteiger partial charge in [0.25, 0.3) is 0 Å². The van der Waals surface area contributed by atoms with Crippen LogP contribution in [0.3, 0.4) is 0 Å². The van der Waals surface area contributed by atoms with E-state index in [0.29, 0.717) is 19.6 Å². The molecule has 1 heterocycles. The molecular weight excluding hydrogens is 260 g/mol. The van der Waals surface area contributed by atoms with Gasteiger partial charge in [-0.2, -0.15) is 0 Å². The van der Waals surface area contributed by atoms with E-state index in [4.69, 9.17) is 14.2 Å². The summed E-state index contributed by atoms with van der Waals surface area (Å²) < 4.78 is 16.2. The Hall–Kier alpha value is -0.940. The zero-order valence-corrected chi connectivity index (χ0v) is 13.3. The van der Waals surface area contributed by atoms with Crippen molar-refractivity contribution in [3.05, 3.63) is 0 Å². The summed E-state index contributed by atoms with van der Waals surface area (Å²) >= 11 is 0. The second-order valence-electron chi connectivity index (χ2n) is 6.15. The van der Waals surface area contributed by atoms with Crippen LogP contribution < -0.4 is 0 Å². The van der Waals surface area contributed by atoms with Gasteiger partial charge < -0.3 is 14.2 Å². The smallest absolute Gasteiger partial charge is 0.319 e. The van der Waals surface area contributed by atoms with Gasteiger partial charge in [0.2, 0.25) is 0 Å². The third kappa shape index (κ3) is 3.58. The van der Waals surface area contributed by atoms with E-state index in [2.05, 4.69) is 0 Å². The van der Waals surface area contributed by atoms with E-state index >= 15 is 0 Å². The van der Waals surface area contributed by atoms with Gasteiger partial charge in [-0.1, -0.05) is 0 Å². The van der Waals surface area contributed by atoms with E-state index in [-0.39, 0.29) is 0 Å². The molecule has 0 radical (unpaired) electrons. The van der Waals surface area contributed by atoms with Crippen molar-refractivity contribution in [2.45, 2.75) is 59.2 Å². The topological polar surface area (TPSA) is 61.8 Å². The van der Waals surface area contributed by atoms with E-state index in [1.807, 2.05) is 41.5 Å². The maximum atomic E-state index is 12.0. The van der Waals surface area contributed by atoms with Gasteiger partial charge in [-0.15, -0.1) is 0 Å². The summed E-state index contributed by atoms with van der Waals surface area (Å²) in [6, 6.07) is 0. The van der Waals surface area contributed by atoms with Gasteiger partial charge in [0.15, 0.2) is 0 Å². The minimum Gasteiger partial charge on any atom is -0.393 e. The van der Waals surface area contributed by atoms with Crippen LogP contribution in [-0.4, -0.2) is 36.4 Å². The quantitative estimate of drug-likeness (QED) is 0.554. The lowest BCUT2D eigenvalue weighted by atomic mass is 9.75. The highest BCUT2D eigenvalue weighted by Crippen LogP contribution is 2.38. The van der Waals surface area contributed by atoms with Gasteiger partial charge in [0.1, 0.15) is 0 Å². The summed E-state index contributed by atoms with van der Waals surface area (Å²) in [5.74, 6) is -1.94. The van der Waals surface area contributed by atoms with E-state index in [1.165, 1.54) is 0 Å². The first-order chi connectivity index (χ1) is 9.15. The number of hydrogen-bond acceptors (Lipinski definition) is 5. The lowest BCUT2D eigenvalue weighted by Gasteiger charge is -2.41. The third-order valence-corrected chi connectivity index (χ3v) is 3.95. The number of cyclic esters (lactones) is 2. The van der Waals surface area contributed by atoms with Gasteiger partial charge in [-0.05, 0) is 48.0 Å². The van der Waals surface area contributed by atoms with Crippen LogP contribution in [-0.2, 0) is 23.8 Å². The monoisotopic (exact) mass is 286 g/mol. The molecule has 2 unspecified atom stereocenters. The Bertz CT molecular complexity index is 338. The zero-order valence-electron chi connectivity index (χ0n) is 13.3. The SMILES string of the molecule is CCOC(C)(C)C1CC(C(C)(C)OCC)C(=O)OC1=O. The fourth-order valence-electron chi connectivity index (χ4n) is 2.75. The maximum absolute atomic E-state index is 12.0. The molecule has 0 amide bonds. The molecule has 0 aromatic rings. The molecule has 1 saturated heterocycles. The normalized spacial score (nSPS) is 24.7. The van der Waals surface area contributed by atoms with Crippen LogP contribution in [0.1, 0.15) is 48.0 Å². The van der Waals surface area contributed by atoms with Crippen molar-refractivity contribution in [2.75, 3.05) is 13.2 Å². The maximum Gasteiger partial charge on any atom is 0.319 e. The van der Waals surface area contributed by atoms with Crippen molar-refractivity contribution in [1.29, 1.82) is 0 Å². The van der Waals surface area contributed by atoms with E-state index in [0.717, 1.165) is 0 Å². The van der Waals surface area contributed by atoms with Gasteiger partial charge in [0, 0.05) is 13.2 Å². The van der Waals surface area contributed by atoms with Crippen molar-refractivity contribution in [3.8, 4) is 0 Å². The minimum atomic E-state index is -0.660. The molecule has 20 heavy (non-hydrogen) atoms. The number of carbonyl (C=O) groups excluding carboxylic acids is 2. The second-order valence-corrected chi connectivity index (χ2v) is 6.15. The van der Waals surface area contributed by atoms with Crippen molar-refractivity contribution < 1.29 is 23.8 Å². The highest BCUT2D eigenvalue weighted by Gasteiger charge is 2.50. The molecule has 0 N–H and O–H groups in total. The largest absolute Gasteiger partial charge is 0.393 e. The summed E-state index contributed by atoms with van der Waals surface area (Å²) in [5, 5.41) is 0. The first-order valence-corrected chi connectivity index (χ1v) is 7.19. The molecule has 0 aromatic heterocycles. The van der Waals surface area contributed by atoms with Crippen LogP contribution >= 0.6 is 0 Å². The Morgan fingerprint density at radius 3 is 1.60 bits per heavy atom. The van der Waals surface area contributed by atoms with Gasteiger partial charge in [0.05, 0.1) is 23.0 Å². The Morgan fingerprint density at radius 1 is 0.950 bits per heavy atom. The lowest BCUT2D eigenvalue weighted by molar-refractivity contribution is -0.192. The summed E-state index contributed by atoms with van der Waals surface area (Å²) in [6.45, 7) is 12.2. The molecule has 5 nitrogen and oxygen atoms in total. The van der Waals surface area contributed by atoms with Gasteiger partial charge >= 0.3 is 11.9 Å². The van der Waals surface area contributed by atoms with E-state index < -0.39 is 35.0 Å². The molecule has 1 fully saturated rings. The summed E-state index contributed by atoms with van der Waals surface area (Å²) in [6.07, 6.45) is 0.387. The first-order valence-electron chi connectivity index (χ1n) is 7.19. The van der Waals surface area contributed by atoms with E-state index in [9.17, 15) is 9.59 Å². The molecule has 0 aliphatic carbocycles. The minimum absolute atomic E-state index is 0.387. The summed E-state index contributed by atoms with van der Waals surface area (Å²) in [7, 11) is 0. The highest BCUT2D eigenvalue weighted by molar-refractivity contribution is 5.92. The number of hydrogen-bond donors (Lipinski definition) is 0. The van der Waals surface area contributed by atoms with Gasteiger partial charge in [-0.3, -0.25) is 9.59 Å². The van der Waals surface area contributed by atoms with Crippen LogP contribution in [0.2, 0.25) is 0 Å². The average Bonchev–Trinajstić information content (AvgIpc) is 2.27. The fourth-order valence-corrected chi connectivity index (χ4v) is 2.75. The van der Waals surface area contributed by atoms with Crippen LogP contribution in [0.4, 0.5) is 0 Å². The third-order valence-electron chi connectivity index (χ3n) is 3.95. The van der Waals surface area contributed by atoms with Crippen LogP contribution in [0.25, 0.3) is 0 Å². The van der Waals surface area contributed by atoms with Gasteiger partial charge in [-0.25, -0.2) is 0 Å². The molecule has 0 bridgehead atoms. The van der Waals surface area contributed by atoms with E-state index in [1.54, 1.807) is 0 Å². The molecule has 1 aliphatic rings. The predicted molar refractivity (Wildman–Crippen MR) is 74.1 cm³/mol. The molecule has 1 aliphatic heterocycles. The number of esters is 2. The fraction of sp³-hybridized carbons (Fsp3) is 0.867. The number of ether oxygens (including phenoxy) is 3. The molecule has 2 atom stereocenters. The molecule has 5 heteroatoms. The van der Waals surface area contributed by atoms with Crippen LogP contribution in [0, 0.1) is 11.8 Å². The standard InChI is InChI=1S/C15H26O5/c1-7-18-14(3,4)10-9-11(13(17)20-12(10)16)15(5,6)19-8-2/h10-11H,7-9H2,1-6H3. The second kappa shape index (κ2) is 6.22. The molecule has 0 saturated carbocycles. The molecule has 0 spiro atoms. The zero-order chi connectivity index (χ0) is 15.6. The molecule has 1 rings (SSSR count). The van der Waals surface area contributed by atoms with Crippen molar-refractivity contribution in [3.63, 3.8) is 0 Å². The van der Waals surface area contributed by atoms with Crippen molar-refractivity contribution >= 4 is 11.9 Å². The Kier molecular flexibility index (Phi) is 5.33. The molecule has 0 aromatic carbocycles. The summed E-state index contributed by atoms with van der Waals surface area (Å²) in [4.78, 5) is 24.0. The van der Waals surface area contributed by atoms with Crippen LogP contribution in [0.5, 0.6) is 0 Å². The molecular formula is C15H26O5. The number of carbonyl (C=O) groups is 2. The Labute approximate surface area is 121 Å². The molecule has 116 valence electrons. The first kappa shape index (κ1) is 17.1.